The molecule has 0 saturated carbocycles. The standard InChI is InChI=1S/C12H12BrN7/c13-10-7-16-12(19-14)11(18-10)15-6-8-2-4-20-9(5-8)1-3-17-20/h1-5,7H,6,14H2,(H,15,18)(H,16,19)/p+1. The van der Waals surface area contributed by atoms with Gasteiger partial charge in [-0.2, -0.15) is 15.9 Å². The minimum Gasteiger partial charge on any atom is -0.359 e. The summed E-state index contributed by atoms with van der Waals surface area (Å²) in [6, 6.07) is 6.03. The highest BCUT2D eigenvalue weighted by Gasteiger charge is 2.09. The lowest BCUT2D eigenvalue weighted by molar-refractivity contribution is -0.587. The molecule has 3 aromatic heterocycles. The lowest BCUT2D eigenvalue weighted by atomic mass is 10.2. The van der Waals surface area contributed by atoms with E-state index in [0.717, 1.165) is 11.1 Å². The van der Waals surface area contributed by atoms with E-state index >= 15 is 0 Å². The van der Waals surface area contributed by atoms with Crippen LogP contribution < -0.4 is 16.6 Å². The lowest BCUT2D eigenvalue weighted by Crippen LogP contribution is -2.86. The Hall–Kier alpha value is -2.03. The number of pyridine rings is 1. The van der Waals surface area contributed by atoms with Gasteiger partial charge in [-0.25, -0.2) is 14.9 Å². The highest BCUT2D eigenvalue weighted by Crippen LogP contribution is 2.16. The van der Waals surface area contributed by atoms with Crippen molar-refractivity contribution in [2.24, 2.45) is 5.84 Å². The minimum absolute atomic E-state index is 0.624. The SMILES string of the molecule is N[NH2+]c1ncc(Br)nc1NCc1ccn2nccc2c1. The molecule has 0 spiro atoms. The predicted octanol–water partition coefficient (Wildman–Crippen LogP) is 0.567. The maximum atomic E-state index is 5.54. The summed E-state index contributed by atoms with van der Waals surface area (Å²) in [6.07, 6.45) is 5.31. The number of aromatic nitrogens is 4. The van der Waals surface area contributed by atoms with Gasteiger partial charge in [-0.05, 0) is 39.7 Å². The minimum atomic E-state index is 0.624. The molecule has 7 nitrogen and oxygen atoms in total. The van der Waals surface area contributed by atoms with E-state index in [1.54, 1.807) is 12.4 Å². The monoisotopic (exact) mass is 334 g/mol. The van der Waals surface area contributed by atoms with Gasteiger partial charge in [-0.1, -0.05) is 0 Å². The maximum Gasteiger partial charge on any atom is 0.286 e. The van der Waals surface area contributed by atoms with Crippen LogP contribution in [0.15, 0.2) is 41.4 Å². The average Bonchev–Trinajstić information content (AvgIpc) is 2.92. The molecule has 0 unspecified atom stereocenters. The van der Waals surface area contributed by atoms with E-state index in [0.29, 0.717) is 22.8 Å². The molecule has 0 amide bonds. The molecule has 0 fully saturated rings. The van der Waals surface area contributed by atoms with Crippen molar-refractivity contribution >= 4 is 33.1 Å². The molecule has 3 heterocycles. The Bertz CT molecular complexity index is 740. The second-order valence-electron chi connectivity index (χ2n) is 4.18. The predicted molar refractivity (Wildman–Crippen MR) is 78.0 cm³/mol. The second-order valence-corrected chi connectivity index (χ2v) is 4.99. The first-order chi connectivity index (χ1) is 9.76. The van der Waals surface area contributed by atoms with E-state index in [-0.39, 0.29) is 0 Å². The molecule has 0 aliphatic rings. The van der Waals surface area contributed by atoms with Crippen LogP contribution >= 0.6 is 15.9 Å². The van der Waals surface area contributed by atoms with E-state index in [9.17, 15) is 0 Å². The lowest BCUT2D eigenvalue weighted by Gasteiger charge is -2.07. The Morgan fingerprint density at radius 2 is 2.30 bits per heavy atom. The summed E-state index contributed by atoms with van der Waals surface area (Å²) < 4.78 is 2.48. The number of nitrogens with one attached hydrogen (secondary N) is 1. The van der Waals surface area contributed by atoms with Gasteiger partial charge in [-0.3, -0.25) is 0 Å². The van der Waals surface area contributed by atoms with Gasteiger partial charge in [0.2, 0.25) is 5.82 Å². The summed E-state index contributed by atoms with van der Waals surface area (Å²) >= 11 is 3.30. The van der Waals surface area contributed by atoms with Gasteiger partial charge in [-0.15, -0.1) is 0 Å². The van der Waals surface area contributed by atoms with Gasteiger partial charge in [0, 0.05) is 18.9 Å². The zero-order chi connectivity index (χ0) is 13.9. The molecule has 0 bridgehead atoms. The Balaban J connectivity index is 1.80. The van der Waals surface area contributed by atoms with Crippen molar-refractivity contribution in [2.75, 3.05) is 5.32 Å². The van der Waals surface area contributed by atoms with Crippen molar-refractivity contribution in [1.82, 2.24) is 19.6 Å². The summed E-state index contributed by atoms with van der Waals surface area (Å²) in [5.74, 6) is 6.81. The third kappa shape index (κ3) is 2.62. The molecule has 0 aromatic carbocycles. The highest BCUT2D eigenvalue weighted by atomic mass is 79.9. The fraction of sp³-hybridized carbons (Fsp3) is 0.0833. The van der Waals surface area contributed by atoms with Gasteiger partial charge < -0.3 is 5.32 Å². The fourth-order valence-corrected chi connectivity index (χ4v) is 2.17. The molecule has 102 valence electrons. The van der Waals surface area contributed by atoms with E-state index in [4.69, 9.17) is 5.84 Å². The molecule has 3 aromatic rings. The third-order valence-electron chi connectivity index (χ3n) is 2.85. The molecule has 0 atom stereocenters. The summed E-state index contributed by atoms with van der Waals surface area (Å²) in [5.41, 5.74) is 3.61. The van der Waals surface area contributed by atoms with Gasteiger partial charge >= 0.3 is 0 Å². The van der Waals surface area contributed by atoms with Crippen molar-refractivity contribution < 1.29 is 5.43 Å². The number of halogens is 1. The zero-order valence-corrected chi connectivity index (χ0v) is 12.1. The summed E-state index contributed by atoms with van der Waals surface area (Å²) in [7, 11) is 0. The molecule has 3 rings (SSSR count). The van der Waals surface area contributed by atoms with Crippen LogP contribution in [-0.2, 0) is 6.54 Å². The van der Waals surface area contributed by atoms with Gasteiger partial charge in [0.05, 0.1) is 11.7 Å². The molecule has 0 saturated heterocycles. The maximum absolute atomic E-state index is 5.54. The summed E-state index contributed by atoms with van der Waals surface area (Å²) in [4.78, 5) is 8.51. The van der Waals surface area contributed by atoms with Crippen LogP contribution in [0.4, 0.5) is 11.6 Å². The van der Waals surface area contributed by atoms with E-state index in [1.807, 2.05) is 22.8 Å². The van der Waals surface area contributed by atoms with E-state index < -0.39 is 0 Å². The number of nitrogens with two attached hydrogens (primary N) is 2. The Kier molecular flexibility index (Phi) is 3.59. The van der Waals surface area contributed by atoms with Crippen molar-refractivity contribution in [3.8, 4) is 0 Å². The van der Waals surface area contributed by atoms with Gasteiger partial charge in [0.1, 0.15) is 4.60 Å². The van der Waals surface area contributed by atoms with Crippen LogP contribution in [0.25, 0.3) is 5.52 Å². The van der Waals surface area contributed by atoms with E-state index in [2.05, 4.69) is 42.4 Å². The van der Waals surface area contributed by atoms with Crippen molar-refractivity contribution in [2.45, 2.75) is 6.54 Å². The van der Waals surface area contributed by atoms with Crippen molar-refractivity contribution in [1.29, 1.82) is 0 Å². The largest absolute Gasteiger partial charge is 0.359 e. The van der Waals surface area contributed by atoms with Gasteiger partial charge in [0.15, 0.2) is 0 Å². The fourth-order valence-electron chi connectivity index (χ4n) is 1.89. The molecule has 0 radical (unpaired) electrons. The number of anilines is 1. The highest BCUT2D eigenvalue weighted by molar-refractivity contribution is 9.10. The Labute approximate surface area is 123 Å². The molecule has 5 N–H and O–H groups in total. The summed E-state index contributed by atoms with van der Waals surface area (Å²) in [6.45, 7) is 0.633. The number of hydrogen-bond acceptors (Lipinski definition) is 5. The van der Waals surface area contributed by atoms with Crippen LogP contribution in [-0.4, -0.2) is 19.6 Å². The Morgan fingerprint density at radius 3 is 3.15 bits per heavy atom. The normalized spacial score (nSPS) is 10.9. The third-order valence-corrected chi connectivity index (χ3v) is 3.24. The smallest absolute Gasteiger partial charge is 0.286 e. The van der Waals surface area contributed by atoms with Crippen LogP contribution in [0.5, 0.6) is 0 Å². The topological polar surface area (TPSA) is 97.7 Å². The quantitative estimate of drug-likeness (QED) is 0.478. The first kappa shape index (κ1) is 13.0. The molecule has 0 aliphatic heterocycles. The number of fused-ring (bicyclic) bond motifs is 1. The van der Waals surface area contributed by atoms with Crippen LogP contribution in [0.3, 0.4) is 0 Å². The summed E-state index contributed by atoms with van der Waals surface area (Å²) in [5, 5.41) is 7.40. The zero-order valence-electron chi connectivity index (χ0n) is 10.5. The van der Waals surface area contributed by atoms with Gasteiger partial charge in [0.25, 0.3) is 5.82 Å². The molecule has 20 heavy (non-hydrogen) atoms. The second kappa shape index (κ2) is 5.53. The first-order valence-electron chi connectivity index (χ1n) is 6.00. The number of rotatable bonds is 4. The van der Waals surface area contributed by atoms with Crippen LogP contribution in [0, 0.1) is 0 Å². The molecular formula is C12H13BrN7+. The average molecular weight is 335 g/mol. The molecular weight excluding hydrogens is 322 g/mol. The van der Waals surface area contributed by atoms with Crippen molar-refractivity contribution in [3.63, 3.8) is 0 Å². The Morgan fingerprint density at radius 1 is 1.40 bits per heavy atom. The number of hydrogen-bond donors (Lipinski definition) is 3. The molecule has 8 heteroatoms. The number of quaternary nitrogens is 1. The first-order valence-corrected chi connectivity index (χ1v) is 6.79. The van der Waals surface area contributed by atoms with Crippen molar-refractivity contribution in [3.05, 3.63) is 47.0 Å². The van der Waals surface area contributed by atoms with Crippen LogP contribution in [0.1, 0.15) is 5.56 Å². The van der Waals surface area contributed by atoms with Crippen LogP contribution in [0.2, 0.25) is 0 Å². The molecule has 0 aliphatic carbocycles. The number of nitrogens with zero attached hydrogens (tertiary/aromatic N) is 4. The van der Waals surface area contributed by atoms with E-state index in [1.165, 1.54) is 5.43 Å².